The van der Waals surface area contributed by atoms with Gasteiger partial charge in [-0.25, -0.2) is 4.98 Å². The summed E-state index contributed by atoms with van der Waals surface area (Å²) in [7, 11) is 0.638. The second kappa shape index (κ2) is 16.2. The number of carbonyl (C=O) groups is 1. The Balaban J connectivity index is 0.00000161. The molecule has 1 aliphatic heterocycles. The maximum absolute atomic E-state index is 12.9. The predicted octanol–water partition coefficient (Wildman–Crippen LogP) is 8.13. The van der Waals surface area contributed by atoms with Crippen molar-refractivity contribution in [1.82, 2.24) is 10.3 Å². The van der Waals surface area contributed by atoms with Gasteiger partial charge >= 0.3 is 0 Å². The van der Waals surface area contributed by atoms with E-state index >= 15 is 0 Å². The Labute approximate surface area is 231 Å². The molecule has 1 aliphatic rings. The van der Waals surface area contributed by atoms with Crippen LogP contribution in [0.5, 0.6) is 0 Å². The number of anilines is 2. The van der Waals surface area contributed by atoms with Crippen LogP contribution in [0.15, 0.2) is 58.6 Å². The van der Waals surface area contributed by atoms with Crippen LogP contribution in [0.3, 0.4) is 0 Å². The molecule has 3 rings (SSSR count). The largest absolute Gasteiger partial charge is 0.370 e. The van der Waals surface area contributed by atoms with Crippen LogP contribution in [0.25, 0.3) is 0 Å². The summed E-state index contributed by atoms with van der Waals surface area (Å²) in [6, 6.07) is 8.05. The molecule has 3 N–H and O–H groups in total. The number of aryl methyl sites for hydroxylation is 2. The van der Waals surface area contributed by atoms with Crippen LogP contribution in [0, 0.1) is 13.8 Å². The number of unbranched alkanes of at least 4 members (excludes halogenated alkanes) is 1. The van der Waals surface area contributed by atoms with E-state index in [2.05, 4.69) is 79.8 Å². The molecule has 1 aromatic carbocycles. The summed E-state index contributed by atoms with van der Waals surface area (Å²) in [6.45, 7) is 17.5. The molecule has 0 radical (unpaired) electrons. The van der Waals surface area contributed by atoms with Crippen LogP contribution in [-0.2, 0) is 0 Å². The summed E-state index contributed by atoms with van der Waals surface area (Å²) in [5.74, 6) is 0.839. The molecule has 0 spiro atoms. The minimum Gasteiger partial charge on any atom is -0.370 e. The smallest absolute Gasteiger partial charge is 0.257 e. The van der Waals surface area contributed by atoms with Crippen molar-refractivity contribution in [3.63, 3.8) is 0 Å². The van der Waals surface area contributed by atoms with E-state index in [1.807, 2.05) is 39.1 Å². The number of nitrogens with one attached hydrogen (secondary N) is 3. The van der Waals surface area contributed by atoms with Crippen molar-refractivity contribution in [1.29, 1.82) is 0 Å². The Bertz CT molecular complexity index is 1150. The number of hydrogen-bond acceptors (Lipinski definition) is 5. The van der Waals surface area contributed by atoms with E-state index in [4.69, 9.17) is 4.99 Å². The van der Waals surface area contributed by atoms with Crippen LogP contribution >= 0.6 is 8.58 Å². The highest BCUT2D eigenvalue weighted by Crippen LogP contribution is 2.39. The number of rotatable bonds is 9. The fourth-order valence-corrected chi connectivity index (χ4v) is 5.51. The lowest BCUT2D eigenvalue weighted by molar-refractivity contribution is 0.102. The van der Waals surface area contributed by atoms with Crippen LogP contribution in [0.2, 0.25) is 0 Å². The van der Waals surface area contributed by atoms with Crippen molar-refractivity contribution >= 4 is 32.2 Å². The van der Waals surface area contributed by atoms with Crippen LogP contribution in [-0.4, -0.2) is 29.4 Å². The quantitative estimate of drug-likeness (QED) is 0.283. The highest BCUT2D eigenvalue weighted by atomic mass is 31.1. The first-order valence-electron chi connectivity index (χ1n) is 13.8. The summed E-state index contributed by atoms with van der Waals surface area (Å²) in [6.07, 6.45) is 11.5. The third kappa shape index (κ3) is 9.18. The predicted molar refractivity (Wildman–Crippen MR) is 167 cm³/mol. The highest BCUT2D eigenvalue weighted by Gasteiger charge is 2.20. The third-order valence-corrected chi connectivity index (χ3v) is 7.38. The molecule has 0 saturated carbocycles. The number of benzene rings is 1. The average Bonchev–Trinajstić information content (AvgIpc) is 2.90. The van der Waals surface area contributed by atoms with Gasteiger partial charge in [0.25, 0.3) is 5.91 Å². The van der Waals surface area contributed by atoms with Crippen molar-refractivity contribution in [3.8, 4) is 0 Å². The molecule has 7 heteroatoms. The maximum Gasteiger partial charge on any atom is 0.257 e. The van der Waals surface area contributed by atoms with Gasteiger partial charge in [0, 0.05) is 30.7 Å². The van der Waals surface area contributed by atoms with Gasteiger partial charge in [-0.15, -0.1) is 0 Å². The second-order valence-corrected chi connectivity index (χ2v) is 11.0. The first-order chi connectivity index (χ1) is 18.3. The van der Waals surface area contributed by atoms with E-state index in [0.29, 0.717) is 14.1 Å². The summed E-state index contributed by atoms with van der Waals surface area (Å²) < 4.78 is 0. The summed E-state index contributed by atoms with van der Waals surface area (Å²) >= 11 is 0. The molecule has 0 fully saturated rings. The van der Waals surface area contributed by atoms with Crippen molar-refractivity contribution in [3.05, 3.63) is 75.9 Å². The van der Waals surface area contributed by atoms with Gasteiger partial charge in [0.05, 0.1) is 17.0 Å². The van der Waals surface area contributed by atoms with Gasteiger partial charge in [0.1, 0.15) is 5.82 Å². The van der Waals surface area contributed by atoms with Gasteiger partial charge in [-0.05, 0) is 81.2 Å². The molecular formula is C31H46N5OP. The summed E-state index contributed by atoms with van der Waals surface area (Å²) in [5, 5.41) is 11.3. The molecule has 1 aromatic heterocycles. The van der Waals surface area contributed by atoms with Crippen LogP contribution in [0.1, 0.15) is 93.9 Å². The first-order valence-corrected chi connectivity index (χ1v) is 14.9. The zero-order valence-corrected chi connectivity index (χ0v) is 25.4. The highest BCUT2D eigenvalue weighted by molar-refractivity contribution is 7.45. The molecule has 2 aromatic rings. The van der Waals surface area contributed by atoms with Gasteiger partial charge in [-0.2, -0.15) is 0 Å². The monoisotopic (exact) mass is 535 g/mol. The fourth-order valence-electron chi connectivity index (χ4n) is 4.07. The number of carbonyl (C=O) groups excluding carboxylic acids is 1. The molecule has 0 saturated heterocycles. The summed E-state index contributed by atoms with van der Waals surface area (Å²) in [5.41, 5.74) is 5.70. The summed E-state index contributed by atoms with van der Waals surface area (Å²) in [4.78, 5) is 22.0. The number of nitrogens with zero attached hydrogens (tertiary/aromatic N) is 2. The molecule has 2 heterocycles. The lowest BCUT2D eigenvalue weighted by atomic mass is 10.0. The zero-order chi connectivity index (χ0) is 28.1. The zero-order valence-electron chi connectivity index (χ0n) is 24.4. The molecule has 38 heavy (non-hydrogen) atoms. The first kappa shape index (κ1) is 31.4. The molecule has 0 bridgehead atoms. The Morgan fingerprint density at radius 1 is 1.13 bits per heavy atom. The second-order valence-electron chi connectivity index (χ2n) is 9.52. The molecule has 1 amide bonds. The third-order valence-electron chi connectivity index (χ3n) is 5.98. The number of aliphatic imine (C=N–C) groups is 1. The SMILES string of the molecule is C/C=C1/N=CC(NC(C)c2cc(NC(=O)c3cnc(NCC)c(C)c3)ccc2C)P/C1=C\CCC.CCC. The van der Waals surface area contributed by atoms with E-state index in [-0.39, 0.29) is 17.7 Å². The molecule has 6 nitrogen and oxygen atoms in total. The van der Waals surface area contributed by atoms with E-state index < -0.39 is 0 Å². The molecule has 3 atom stereocenters. The van der Waals surface area contributed by atoms with E-state index in [1.54, 1.807) is 6.20 Å². The number of aromatic nitrogens is 1. The molecule has 3 unspecified atom stereocenters. The Morgan fingerprint density at radius 2 is 1.87 bits per heavy atom. The number of amides is 1. The topological polar surface area (TPSA) is 78.4 Å². The van der Waals surface area contributed by atoms with Gasteiger partial charge in [0.15, 0.2) is 0 Å². The van der Waals surface area contributed by atoms with Crippen molar-refractivity contribution < 1.29 is 4.79 Å². The number of hydrogen-bond donors (Lipinski definition) is 3. The van der Waals surface area contributed by atoms with E-state index in [1.165, 1.54) is 17.3 Å². The molecular weight excluding hydrogens is 489 g/mol. The van der Waals surface area contributed by atoms with Crippen molar-refractivity contribution in [2.45, 2.75) is 86.5 Å². The van der Waals surface area contributed by atoms with Crippen LogP contribution < -0.4 is 16.0 Å². The fraction of sp³-hybridized carbons (Fsp3) is 0.452. The normalized spacial score (nSPS) is 18.3. The van der Waals surface area contributed by atoms with E-state index in [0.717, 1.165) is 47.7 Å². The Kier molecular flexibility index (Phi) is 13.4. The van der Waals surface area contributed by atoms with Gasteiger partial charge < -0.3 is 10.6 Å². The lowest BCUT2D eigenvalue weighted by Gasteiger charge is -2.26. The lowest BCUT2D eigenvalue weighted by Crippen LogP contribution is -2.31. The van der Waals surface area contributed by atoms with Gasteiger partial charge in [-0.3, -0.25) is 15.1 Å². The molecule has 0 aliphatic carbocycles. The average molecular weight is 536 g/mol. The number of allylic oxidation sites excluding steroid dienone is 3. The van der Waals surface area contributed by atoms with Gasteiger partial charge in [0.2, 0.25) is 0 Å². The van der Waals surface area contributed by atoms with E-state index in [9.17, 15) is 4.79 Å². The van der Waals surface area contributed by atoms with Crippen LogP contribution in [0.4, 0.5) is 11.5 Å². The van der Waals surface area contributed by atoms with Gasteiger partial charge in [-0.1, -0.05) is 60.4 Å². The van der Waals surface area contributed by atoms with Crippen molar-refractivity contribution in [2.24, 2.45) is 4.99 Å². The standard InChI is InChI=1S/C28H38N5OP.C3H8/c1-7-10-11-25-24(8-2)30-17-26(35-25)32-20(6)23-15-22(13-12-18(23)4)33-28(34)21-14-19(5)27(29-9-3)31-16-21;1-3-2/h8,11-17,20,26,32,35H,7,9-10H2,1-6H3,(H,29,31)(H,33,34);3H2,1-2H3/b24-8+,25-11-;. The Hall–Kier alpha value is -2.82. The maximum atomic E-state index is 12.9. The Morgan fingerprint density at radius 3 is 2.50 bits per heavy atom. The molecule has 206 valence electrons. The minimum absolute atomic E-state index is 0.110. The minimum atomic E-state index is -0.162. The number of pyridine rings is 1. The van der Waals surface area contributed by atoms with Crippen molar-refractivity contribution in [2.75, 3.05) is 17.2 Å².